The van der Waals surface area contributed by atoms with Gasteiger partial charge in [0.2, 0.25) is 0 Å². The first-order valence-corrected chi connectivity index (χ1v) is 28.4. The minimum absolute atomic E-state index is 0.0846. The van der Waals surface area contributed by atoms with Crippen LogP contribution in [0.5, 0.6) is 0 Å². The summed E-state index contributed by atoms with van der Waals surface area (Å²) in [6, 6.07) is 0. The molecule has 0 aliphatic rings. The van der Waals surface area contributed by atoms with E-state index in [0.29, 0.717) is 12.8 Å². The van der Waals surface area contributed by atoms with Gasteiger partial charge in [0, 0.05) is 12.8 Å². The SMILES string of the molecule is CC/C=C\C/C=C\C/C=C\C/C=C\C/C=C\C/C=C\C/C=C\CCCCCCCCCCCCCCCC(=O)OC(CO)COC(=O)CCCCCCC/C=C\C/C=C\C/C=C\C/C=C\C/C=C\CC. The van der Waals surface area contributed by atoms with E-state index in [1.54, 1.807) is 0 Å². The number of rotatable bonds is 50. The summed E-state index contributed by atoms with van der Waals surface area (Å²) < 4.78 is 10.7. The zero-order valence-electron chi connectivity index (χ0n) is 45.0. The lowest BCUT2D eigenvalue weighted by molar-refractivity contribution is -0.161. The highest BCUT2D eigenvalue weighted by Gasteiger charge is 2.16. The summed E-state index contributed by atoms with van der Waals surface area (Å²) in [5.41, 5.74) is 0. The Balaban J connectivity index is 3.57. The fourth-order valence-corrected chi connectivity index (χ4v) is 7.44. The summed E-state index contributed by atoms with van der Waals surface area (Å²) in [5.74, 6) is -0.621. The van der Waals surface area contributed by atoms with Gasteiger partial charge in [-0.3, -0.25) is 9.59 Å². The van der Waals surface area contributed by atoms with Gasteiger partial charge in [-0.15, -0.1) is 0 Å². The molecule has 0 aliphatic carbocycles. The van der Waals surface area contributed by atoms with E-state index in [1.807, 2.05) is 0 Å². The van der Waals surface area contributed by atoms with Gasteiger partial charge in [0.05, 0.1) is 6.61 Å². The summed E-state index contributed by atoms with van der Waals surface area (Å²) in [6.07, 6.45) is 89.5. The molecule has 394 valence electrons. The number of hydrogen-bond acceptors (Lipinski definition) is 5. The van der Waals surface area contributed by atoms with E-state index < -0.39 is 6.10 Å². The van der Waals surface area contributed by atoms with Gasteiger partial charge in [-0.25, -0.2) is 0 Å². The molecule has 1 unspecified atom stereocenters. The van der Waals surface area contributed by atoms with E-state index in [4.69, 9.17) is 9.47 Å². The Kier molecular flexibility index (Phi) is 55.5. The summed E-state index contributed by atoms with van der Waals surface area (Å²) in [4.78, 5) is 24.5. The summed E-state index contributed by atoms with van der Waals surface area (Å²) in [5, 5.41) is 9.65. The van der Waals surface area contributed by atoms with Crippen LogP contribution in [0.4, 0.5) is 0 Å². The van der Waals surface area contributed by atoms with Crippen molar-refractivity contribution >= 4 is 11.9 Å². The maximum atomic E-state index is 12.3. The second kappa shape index (κ2) is 59.1. The number of allylic oxidation sites excluding steroid dienone is 24. The molecule has 0 rings (SSSR count). The van der Waals surface area contributed by atoms with Crippen LogP contribution in [0.15, 0.2) is 146 Å². The van der Waals surface area contributed by atoms with Gasteiger partial charge in [0.1, 0.15) is 6.61 Å². The van der Waals surface area contributed by atoms with E-state index >= 15 is 0 Å². The predicted molar refractivity (Wildman–Crippen MR) is 306 cm³/mol. The third-order valence-corrected chi connectivity index (χ3v) is 11.6. The average Bonchev–Trinajstić information content (AvgIpc) is 3.36. The number of carbonyl (C=O) groups excluding carboxylic acids is 2. The van der Waals surface area contributed by atoms with Gasteiger partial charge in [-0.1, -0.05) is 250 Å². The number of hydrogen-bond donors (Lipinski definition) is 1. The standard InChI is InChI=1S/C65H104O5/c1-3-5-7-9-11-13-15-17-19-21-23-25-26-27-28-29-30-31-32-33-34-35-36-37-38-40-42-44-46-48-50-52-54-56-58-60-65(68)70-63(61-66)62-69-64(67)59-57-55-53-51-49-47-45-43-41-39-24-22-20-18-16-14-12-10-8-6-4-2/h5-8,11-14,17-20,23-25,27-28,30-31,33-34,39,43,45,63,66H,3-4,9-10,15-16,21-22,26,29,32,35-38,40-42,44,46-62H2,1-2H3/b7-5-,8-6-,13-11-,14-12-,19-17-,20-18-,25-23-,28-27-,31-30-,34-33-,39-24-,45-43-. The second-order valence-electron chi connectivity index (χ2n) is 18.2. The Morgan fingerprint density at radius 2 is 0.571 bits per heavy atom. The normalized spacial score (nSPS) is 13.4. The van der Waals surface area contributed by atoms with Gasteiger partial charge in [0.15, 0.2) is 6.10 Å². The van der Waals surface area contributed by atoms with Gasteiger partial charge in [-0.05, 0) is 116 Å². The summed E-state index contributed by atoms with van der Waals surface area (Å²) in [6.45, 7) is 3.89. The molecule has 0 aromatic carbocycles. The van der Waals surface area contributed by atoms with Gasteiger partial charge >= 0.3 is 11.9 Å². The molecule has 0 saturated carbocycles. The van der Waals surface area contributed by atoms with Crippen molar-refractivity contribution < 1.29 is 24.2 Å². The lowest BCUT2D eigenvalue weighted by Crippen LogP contribution is -2.28. The molecular weight excluding hydrogens is 861 g/mol. The van der Waals surface area contributed by atoms with Crippen molar-refractivity contribution in [3.63, 3.8) is 0 Å². The van der Waals surface area contributed by atoms with Crippen LogP contribution in [0.25, 0.3) is 0 Å². The van der Waals surface area contributed by atoms with E-state index in [2.05, 4.69) is 160 Å². The fraction of sp³-hybridized carbons (Fsp3) is 0.600. The molecule has 0 heterocycles. The Morgan fingerprint density at radius 1 is 0.329 bits per heavy atom. The second-order valence-corrected chi connectivity index (χ2v) is 18.2. The van der Waals surface area contributed by atoms with E-state index in [9.17, 15) is 14.7 Å². The fourth-order valence-electron chi connectivity index (χ4n) is 7.44. The van der Waals surface area contributed by atoms with Crippen molar-refractivity contribution in [1.82, 2.24) is 0 Å². The molecule has 0 amide bonds. The van der Waals surface area contributed by atoms with Crippen molar-refractivity contribution in [3.8, 4) is 0 Å². The number of aliphatic hydroxyl groups excluding tert-OH is 1. The maximum absolute atomic E-state index is 12.3. The Morgan fingerprint density at radius 3 is 0.857 bits per heavy atom. The molecule has 70 heavy (non-hydrogen) atoms. The number of carbonyl (C=O) groups is 2. The zero-order chi connectivity index (χ0) is 50.6. The molecular formula is C65H104O5. The highest BCUT2D eigenvalue weighted by molar-refractivity contribution is 5.70. The number of aliphatic hydroxyl groups is 1. The quantitative estimate of drug-likeness (QED) is 0.0374. The van der Waals surface area contributed by atoms with Crippen LogP contribution < -0.4 is 0 Å². The van der Waals surface area contributed by atoms with Gasteiger partial charge in [-0.2, -0.15) is 0 Å². The van der Waals surface area contributed by atoms with Crippen LogP contribution in [0, 0.1) is 0 Å². The summed E-state index contributed by atoms with van der Waals surface area (Å²) in [7, 11) is 0. The largest absolute Gasteiger partial charge is 0.462 e. The zero-order valence-corrected chi connectivity index (χ0v) is 45.0. The highest BCUT2D eigenvalue weighted by atomic mass is 16.6. The topological polar surface area (TPSA) is 72.8 Å². The van der Waals surface area contributed by atoms with E-state index in [0.717, 1.165) is 135 Å². The van der Waals surface area contributed by atoms with Crippen molar-refractivity contribution in [2.75, 3.05) is 13.2 Å². The molecule has 0 aromatic heterocycles. The Labute approximate surface area is 431 Å². The molecule has 0 radical (unpaired) electrons. The first-order valence-electron chi connectivity index (χ1n) is 28.4. The van der Waals surface area contributed by atoms with Gasteiger partial charge < -0.3 is 14.6 Å². The number of unbranched alkanes of at least 4 members (excludes halogenated alkanes) is 18. The predicted octanol–water partition coefficient (Wildman–Crippen LogP) is 19.4. The van der Waals surface area contributed by atoms with Crippen LogP contribution in [0.2, 0.25) is 0 Å². The number of ether oxygens (including phenoxy) is 2. The van der Waals surface area contributed by atoms with Crippen molar-refractivity contribution in [2.24, 2.45) is 0 Å². The van der Waals surface area contributed by atoms with Crippen LogP contribution in [-0.4, -0.2) is 36.4 Å². The first kappa shape index (κ1) is 65.8. The smallest absolute Gasteiger partial charge is 0.306 e. The van der Waals surface area contributed by atoms with E-state index in [-0.39, 0.29) is 25.2 Å². The third kappa shape index (κ3) is 56.4. The molecule has 1 atom stereocenters. The Hall–Kier alpha value is -4.22. The van der Waals surface area contributed by atoms with Gasteiger partial charge in [0.25, 0.3) is 0 Å². The van der Waals surface area contributed by atoms with Crippen molar-refractivity contribution in [1.29, 1.82) is 0 Å². The summed E-state index contributed by atoms with van der Waals surface area (Å²) >= 11 is 0. The molecule has 5 heteroatoms. The molecule has 0 bridgehead atoms. The molecule has 5 nitrogen and oxygen atoms in total. The molecule has 0 saturated heterocycles. The molecule has 1 N–H and O–H groups in total. The van der Waals surface area contributed by atoms with Crippen LogP contribution in [0.3, 0.4) is 0 Å². The lowest BCUT2D eigenvalue weighted by atomic mass is 10.0. The Bertz CT molecular complexity index is 1510. The van der Waals surface area contributed by atoms with Crippen LogP contribution >= 0.6 is 0 Å². The first-order chi connectivity index (χ1) is 34.6. The monoisotopic (exact) mass is 965 g/mol. The highest BCUT2D eigenvalue weighted by Crippen LogP contribution is 2.15. The maximum Gasteiger partial charge on any atom is 0.306 e. The minimum Gasteiger partial charge on any atom is -0.462 e. The van der Waals surface area contributed by atoms with Crippen LogP contribution in [0.1, 0.15) is 232 Å². The van der Waals surface area contributed by atoms with Crippen LogP contribution in [-0.2, 0) is 19.1 Å². The number of esters is 2. The molecule has 0 spiro atoms. The lowest BCUT2D eigenvalue weighted by Gasteiger charge is -2.15. The van der Waals surface area contributed by atoms with Crippen molar-refractivity contribution in [3.05, 3.63) is 146 Å². The third-order valence-electron chi connectivity index (χ3n) is 11.6. The molecule has 0 aromatic rings. The van der Waals surface area contributed by atoms with E-state index in [1.165, 1.54) is 70.6 Å². The average molecular weight is 966 g/mol. The molecule has 0 aliphatic heterocycles. The minimum atomic E-state index is -0.792. The molecule has 0 fully saturated rings. The van der Waals surface area contributed by atoms with Crippen molar-refractivity contribution in [2.45, 2.75) is 238 Å².